The normalized spacial score (nSPS) is 11.6. The number of hydrogen-bond acceptors (Lipinski definition) is 4. The highest BCUT2D eigenvalue weighted by molar-refractivity contribution is 7.90. The molecule has 1 heterocycles. The fraction of sp³-hybridized carbons (Fsp3) is 0.0588. The topological polar surface area (TPSA) is 89.3 Å². The molecule has 0 bridgehead atoms. The van der Waals surface area contributed by atoms with Gasteiger partial charge in [-0.25, -0.2) is 22.3 Å². The van der Waals surface area contributed by atoms with E-state index in [9.17, 15) is 22.7 Å². The van der Waals surface area contributed by atoms with E-state index in [4.69, 9.17) is 23.2 Å². The number of nitrogens with zero attached hydrogens (tertiary/aromatic N) is 2. The molecule has 0 aliphatic rings. The van der Waals surface area contributed by atoms with Gasteiger partial charge in [-0.3, -0.25) is 0 Å². The number of aromatic carboxylic acids is 1. The SMILES string of the molecule is CS(=O)(=O)c1ccc(-n2nc(-c3cc(F)c(Cl)cc3Cl)cc2C(=O)O)cc1. The van der Waals surface area contributed by atoms with E-state index < -0.39 is 21.6 Å². The molecule has 1 N–H and O–H groups in total. The minimum absolute atomic E-state index is 0.0818. The van der Waals surface area contributed by atoms with Gasteiger partial charge in [0.15, 0.2) is 15.5 Å². The predicted octanol–water partition coefficient (Wildman–Crippen LogP) is 4.09. The Labute approximate surface area is 163 Å². The van der Waals surface area contributed by atoms with Gasteiger partial charge in [0, 0.05) is 11.8 Å². The molecule has 0 fully saturated rings. The molecule has 3 rings (SSSR count). The van der Waals surface area contributed by atoms with Gasteiger partial charge in [-0.05, 0) is 42.5 Å². The molecular weight excluding hydrogens is 418 g/mol. The first-order chi connectivity index (χ1) is 12.6. The number of rotatable bonds is 4. The van der Waals surface area contributed by atoms with Crippen molar-refractivity contribution in [1.29, 1.82) is 0 Å². The van der Waals surface area contributed by atoms with Crippen molar-refractivity contribution in [2.75, 3.05) is 6.26 Å². The van der Waals surface area contributed by atoms with Gasteiger partial charge in [-0.15, -0.1) is 0 Å². The Kier molecular flexibility index (Phi) is 4.98. The lowest BCUT2D eigenvalue weighted by Gasteiger charge is -2.06. The summed E-state index contributed by atoms with van der Waals surface area (Å²) in [5, 5.41) is 13.6. The summed E-state index contributed by atoms with van der Waals surface area (Å²) in [7, 11) is -3.40. The molecule has 2 aromatic carbocycles. The average Bonchev–Trinajstić information content (AvgIpc) is 3.03. The van der Waals surface area contributed by atoms with Crippen molar-refractivity contribution >= 4 is 39.0 Å². The molecule has 0 atom stereocenters. The monoisotopic (exact) mass is 428 g/mol. The molecule has 27 heavy (non-hydrogen) atoms. The quantitative estimate of drug-likeness (QED) is 0.632. The molecule has 140 valence electrons. The summed E-state index contributed by atoms with van der Waals surface area (Å²) in [4.78, 5) is 11.7. The van der Waals surface area contributed by atoms with Gasteiger partial charge in [0.1, 0.15) is 5.82 Å². The Hall–Kier alpha value is -2.42. The van der Waals surface area contributed by atoms with E-state index >= 15 is 0 Å². The number of carbonyl (C=O) groups is 1. The first-order valence-electron chi connectivity index (χ1n) is 7.36. The predicted molar refractivity (Wildman–Crippen MR) is 99.0 cm³/mol. The zero-order chi connectivity index (χ0) is 19.9. The molecule has 0 aliphatic carbocycles. The molecule has 6 nitrogen and oxygen atoms in total. The van der Waals surface area contributed by atoms with Crippen molar-refractivity contribution < 1.29 is 22.7 Å². The first-order valence-corrected chi connectivity index (χ1v) is 10.0. The Morgan fingerprint density at radius 3 is 2.30 bits per heavy atom. The Morgan fingerprint density at radius 1 is 1.11 bits per heavy atom. The van der Waals surface area contributed by atoms with Crippen LogP contribution in [-0.2, 0) is 9.84 Å². The molecule has 0 saturated carbocycles. The number of sulfone groups is 1. The molecule has 0 spiro atoms. The third-order valence-electron chi connectivity index (χ3n) is 3.72. The maximum absolute atomic E-state index is 13.8. The lowest BCUT2D eigenvalue weighted by molar-refractivity contribution is 0.0687. The summed E-state index contributed by atoms with van der Waals surface area (Å²) >= 11 is 11.8. The van der Waals surface area contributed by atoms with Crippen molar-refractivity contribution in [1.82, 2.24) is 9.78 Å². The minimum atomic E-state index is -3.40. The second-order valence-corrected chi connectivity index (χ2v) is 8.47. The molecule has 0 aliphatic heterocycles. The van der Waals surface area contributed by atoms with Crippen molar-refractivity contribution in [3.8, 4) is 16.9 Å². The second-order valence-electron chi connectivity index (χ2n) is 5.64. The van der Waals surface area contributed by atoms with Gasteiger partial charge < -0.3 is 5.11 Å². The molecule has 0 unspecified atom stereocenters. The smallest absolute Gasteiger partial charge is 0.354 e. The maximum Gasteiger partial charge on any atom is 0.354 e. The van der Waals surface area contributed by atoms with Crippen LogP contribution in [0.2, 0.25) is 10.0 Å². The van der Waals surface area contributed by atoms with Crippen LogP contribution < -0.4 is 0 Å². The highest BCUT2D eigenvalue weighted by atomic mass is 35.5. The van der Waals surface area contributed by atoms with Crippen LogP contribution in [0.3, 0.4) is 0 Å². The molecule has 10 heteroatoms. The van der Waals surface area contributed by atoms with Gasteiger partial charge in [-0.1, -0.05) is 23.2 Å². The van der Waals surface area contributed by atoms with E-state index in [1.807, 2.05) is 0 Å². The number of halogens is 3. The Balaban J connectivity index is 2.15. The number of carboxylic acid groups (broad SMARTS) is 1. The van der Waals surface area contributed by atoms with Crippen LogP contribution in [0, 0.1) is 5.82 Å². The summed E-state index contributed by atoms with van der Waals surface area (Å²) in [6.45, 7) is 0. The third-order valence-corrected chi connectivity index (χ3v) is 5.45. The minimum Gasteiger partial charge on any atom is -0.477 e. The van der Waals surface area contributed by atoms with Gasteiger partial charge in [0.05, 0.1) is 26.3 Å². The van der Waals surface area contributed by atoms with Gasteiger partial charge in [0.2, 0.25) is 0 Å². The molecule has 1 aromatic heterocycles. The lowest BCUT2D eigenvalue weighted by atomic mass is 10.1. The summed E-state index contributed by atoms with van der Waals surface area (Å²) in [6, 6.07) is 9.03. The fourth-order valence-electron chi connectivity index (χ4n) is 2.42. The second kappa shape index (κ2) is 6.95. The van der Waals surface area contributed by atoms with E-state index in [1.165, 1.54) is 36.4 Å². The standard InChI is InChI=1S/C17H11Cl2FN2O4S/c1-27(25,26)10-4-2-9(3-5-10)22-16(17(23)24)8-15(21-22)11-6-14(20)13(19)7-12(11)18/h2-8H,1H3,(H,23,24). The third kappa shape index (κ3) is 3.83. The number of carboxylic acids is 1. The summed E-state index contributed by atoms with van der Waals surface area (Å²) in [6.07, 6.45) is 1.06. The largest absolute Gasteiger partial charge is 0.477 e. The molecule has 0 radical (unpaired) electrons. The van der Waals surface area contributed by atoms with Crippen molar-refractivity contribution in [3.63, 3.8) is 0 Å². The highest BCUT2D eigenvalue weighted by Gasteiger charge is 2.20. The van der Waals surface area contributed by atoms with E-state index in [0.29, 0.717) is 5.69 Å². The van der Waals surface area contributed by atoms with E-state index in [1.54, 1.807) is 0 Å². The molecule has 0 saturated heterocycles. The summed E-state index contributed by atoms with van der Waals surface area (Å²) in [5.74, 6) is -1.99. The van der Waals surface area contributed by atoms with Crippen LogP contribution in [0.25, 0.3) is 16.9 Å². The summed E-state index contributed by atoms with van der Waals surface area (Å²) in [5.41, 5.74) is 0.410. The Morgan fingerprint density at radius 2 is 1.74 bits per heavy atom. The number of hydrogen-bond donors (Lipinski definition) is 1. The van der Waals surface area contributed by atoms with Crippen LogP contribution >= 0.6 is 23.2 Å². The van der Waals surface area contributed by atoms with Crippen molar-refractivity contribution in [2.24, 2.45) is 0 Å². The van der Waals surface area contributed by atoms with Gasteiger partial charge in [0.25, 0.3) is 0 Å². The Bertz CT molecular complexity index is 1160. The molecule has 3 aromatic rings. The van der Waals surface area contributed by atoms with E-state index in [0.717, 1.165) is 17.0 Å². The maximum atomic E-state index is 13.8. The molecule has 0 amide bonds. The average molecular weight is 429 g/mol. The van der Waals surface area contributed by atoms with Crippen LogP contribution in [0.5, 0.6) is 0 Å². The van der Waals surface area contributed by atoms with Crippen LogP contribution in [0.1, 0.15) is 10.5 Å². The zero-order valence-electron chi connectivity index (χ0n) is 13.6. The lowest BCUT2D eigenvalue weighted by Crippen LogP contribution is -2.08. The van der Waals surface area contributed by atoms with Crippen LogP contribution in [0.4, 0.5) is 4.39 Å². The number of aromatic nitrogens is 2. The van der Waals surface area contributed by atoms with Gasteiger partial charge in [-0.2, -0.15) is 5.10 Å². The van der Waals surface area contributed by atoms with E-state index in [2.05, 4.69) is 5.10 Å². The van der Waals surface area contributed by atoms with Crippen LogP contribution in [-0.4, -0.2) is 35.5 Å². The summed E-state index contributed by atoms with van der Waals surface area (Å²) < 4.78 is 38.0. The van der Waals surface area contributed by atoms with Crippen LogP contribution in [0.15, 0.2) is 47.4 Å². The van der Waals surface area contributed by atoms with Crippen molar-refractivity contribution in [3.05, 3.63) is 64.0 Å². The highest BCUT2D eigenvalue weighted by Crippen LogP contribution is 2.32. The molecular formula is C17H11Cl2FN2O4S. The van der Waals surface area contributed by atoms with Gasteiger partial charge >= 0.3 is 5.97 Å². The first kappa shape index (κ1) is 19.3. The zero-order valence-corrected chi connectivity index (χ0v) is 16.0. The number of benzene rings is 2. The van der Waals surface area contributed by atoms with Crippen molar-refractivity contribution in [2.45, 2.75) is 4.90 Å². The van der Waals surface area contributed by atoms with E-state index in [-0.39, 0.29) is 31.9 Å². The fourth-order valence-corrected chi connectivity index (χ4v) is 3.53.